The van der Waals surface area contributed by atoms with Crippen molar-refractivity contribution in [2.75, 3.05) is 50.7 Å². The second kappa shape index (κ2) is 11.0. The number of benzene rings is 1. The van der Waals surface area contributed by atoms with Gasteiger partial charge in [0.1, 0.15) is 0 Å². The lowest BCUT2D eigenvalue weighted by molar-refractivity contribution is -0.138. The van der Waals surface area contributed by atoms with Gasteiger partial charge in [-0.1, -0.05) is 30.3 Å². The molecule has 2 saturated heterocycles. The molecule has 0 saturated carbocycles. The Morgan fingerprint density at radius 3 is 2.62 bits per heavy atom. The van der Waals surface area contributed by atoms with Gasteiger partial charge in [-0.25, -0.2) is 9.97 Å². The Morgan fingerprint density at radius 1 is 1.00 bits per heavy atom. The van der Waals surface area contributed by atoms with E-state index in [1.54, 1.807) is 18.5 Å². The van der Waals surface area contributed by atoms with E-state index in [2.05, 4.69) is 49.4 Å². The highest BCUT2D eigenvalue weighted by atomic mass is 16.2. The van der Waals surface area contributed by atoms with Gasteiger partial charge in [0.05, 0.1) is 12.5 Å². The van der Waals surface area contributed by atoms with Gasteiger partial charge >= 0.3 is 0 Å². The highest BCUT2D eigenvalue weighted by Crippen LogP contribution is 2.15. The zero-order valence-electron chi connectivity index (χ0n) is 18.5. The highest BCUT2D eigenvalue weighted by Gasteiger charge is 2.33. The van der Waals surface area contributed by atoms with Crippen LogP contribution in [0.25, 0.3) is 0 Å². The third-order valence-electron chi connectivity index (χ3n) is 6.25. The van der Waals surface area contributed by atoms with Gasteiger partial charge in [-0.05, 0) is 37.4 Å². The van der Waals surface area contributed by atoms with Gasteiger partial charge in [0.2, 0.25) is 17.8 Å². The van der Waals surface area contributed by atoms with Crippen LogP contribution in [0.15, 0.2) is 48.8 Å². The van der Waals surface area contributed by atoms with Crippen LogP contribution in [0.5, 0.6) is 0 Å². The molecule has 2 aliphatic rings. The minimum Gasteiger partial charge on any atom is -0.353 e. The minimum absolute atomic E-state index is 0.0292. The summed E-state index contributed by atoms with van der Waals surface area (Å²) in [5, 5.41) is 2.94. The monoisotopic (exact) mass is 436 g/mol. The van der Waals surface area contributed by atoms with Crippen molar-refractivity contribution in [1.29, 1.82) is 0 Å². The lowest BCUT2D eigenvalue weighted by Crippen LogP contribution is -2.57. The predicted molar refractivity (Wildman–Crippen MR) is 123 cm³/mol. The number of aryl methyl sites for hydroxylation is 1. The van der Waals surface area contributed by atoms with E-state index in [9.17, 15) is 9.59 Å². The number of anilines is 1. The van der Waals surface area contributed by atoms with E-state index in [0.29, 0.717) is 32.1 Å². The number of nitrogens with one attached hydrogen (secondary N) is 1. The highest BCUT2D eigenvalue weighted by molar-refractivity contribution is 5.88. The third-order valence-corrected chi connectivity index (χ3v) is 6.25. The Labute approximate surface area is 189 Å². The van der Waals surface area contributed by atoms with Gasteiger partial charge in [0.15, 0.2) is 0 Å². The van der Waals surface area contributed by atoms with E-state index < -0.39 is 0 Å². The number of piperazine rings is 1. The van der Waals surface area contributed by atoms with Crippen LogP contribution in [0, 0.1) is 0 Å². The molecule has 1 N–H and O–H groups in total. The molecule has 1 aromatic carbocycles. The van der Waals surface area contributed by atoms with Crippen LogP contribution in [0.4, 0.5) is 5.95 Å². The largest absolute Gasteiger partial charge is 0.353 e. The molecule has 2 aromatic rings. The van der Waals surface area contributed by atoms with E-state index in [1.165, 1.54) is 5.56 Å². The van der Waals surface area contributed by atoms with Gasteiger partial charge in [-0.2, -0.15) is 0 Å². The smallest absolute Gasteiger partial charge is 0.237 e. The summed E-state index contributed by atoms with van der Waals surface area (Å²) in [5.41, 5.74) is 1.30. The maximum atomic E-state index is 13.1. The van der Waals surface area contributed by atoms with Gasteiger partial charge in [0, 0.05) is 51.7 Å². The summed E-state index contributed by atoms with van der Waals surface area (Å²) < 4.78 is 0. The molecule has 8 nitrogen and oxygen atoms in total. The van der Waals surface area contributed by atoms with E-state index in [0.717, 1.165) is 38.9 Å². The number of nitrogens with zero attached hydrogens (tertiary/aromatic N) is 5. The van der Waals surface area contributed by atoms with Crippen LogP contribution < -0.4 is 10.2 Å². The molecule has 3 heterocycles. The van der Waals surface area contributed by atoms with Crippen molar-refractivity contribution in [1.82, 2.24) is 25.1 Å². The maximum Gasteiger partial charge on any atom is 0.237 e. The second-order valence-electron chi connectivity index (χ2n) is 8.41. The van der Waals surface area contributed by atoms with E-state index >= 15 is 0 Å². The average Bonchev–Trinajstić information content (AvgIpc) is 3.09. The Bertz CT molecular complexity index is 879. The first-order chi connectivity index (χ1) is 15.7. The Kier molecular flexibility index (Phi) is 7.66. The molecule has 170 valence electrons. The van der Waals surface area contributed by atoms with Crippen LogP contribution in [-0.2, 0) is 16.0 Å². The SMILES string of the molecule is O=C1NCCN(CCCc2ccccc2)[C@@H]1CC(=O)N1CCCN(c2ncccn2)CC1. The molecule has 2 aliphatic heterocycles. The number of carbonyl (C=O) groups is 2. The summed E-state index contributed by atoms with van der Waals surface area (Å²) in [7, 11) is 0. The minimum atomic E-state index is -0.385. The Balaban J connectivity index is 1.31. The first kappa shape index (κ1) is 22.2. The molecule has 32 heavy (non-hydrogen) atoms. The molecule has 2 fully saturated rings. The number of amides is 2. The summed E-state index contributed by atoms with van der Waals surface area (Å²) in [6, 6.07) is 11.8. The summed E-state index contributed by atoms with van der Waals surface area (Å²) in [6.07, 6.45) is 6.52. The van der Waals surface area contributed by atoms with E-state index in [4.69, 9.17) is 0 Å². The number of rotatable bonds is 7. The fourth-order valence-corrected chi connectivity index (χ4v) is 4.50. The van der Waals surface area contributed by atoms with E-state index in [1.807, 2.05) is 11.0 Å². The maximum absolute atomic E-state index is 13.1. The molecule has 2 amide bonds. The molecular weight excluding hydrogens is 404 g/mol. The number of hydrogen-bond donors (Lipinski definition) is 1. The van der Waals surface area contributed by atoms with Crippen molar-refractivity contribution in [2.45, 2.75) is 31.7 Å². The summed E-state index contributed by atoms with van der Waals surface area (Å²) in [4.78, 5) is 40.6. The van der Waals surface area contributed by atoms with Crippen molar-refractivity contribution in [3.63, 3.8) is 0 Å². The van der Waals surface area contributed by atoms with Crippen LogP contribution in [0.1, 0.15) is 24.8 Å². The zero-order chi connectivity index (χ0) is 22.2. The van der Waals surface area contributed by atoms with Gasteiger partial charge in [-0.15, -0.1) is 0 Å². The van der Waals surface area contributed by atoms with Crippen LogP contribution in [-0.4, -0.2) is 83.4 Å². The van der Waals surface area contributed by atoms with Crippen molar-refractivity contribution in [3.05, 3.63) is 54.4 Å². The molecule has 1 aromatic heterocycles. The molecule has 0 unspecified atom stereocenters. The Hall–Kier alpha value is -3.00. The summed E-state index contributed by atoms with van der Waals surface area (Å²) in [6.45, 7) is 5.10. The second-order valence-corrected chi connectivity index (χ2v) is 8.41. The van der Waals surface area contributed by atoms with Crippen LogP contribution in [0.2, 0.25) is 0 Å². The van der Waals surface area contributed by atoms with Crippen molar-refractivity contribution in [2.24, 2.45) is 0 Å². The Morgan fingerprint density at radius 2 is 1.81 bits per heavy atom. The summed E-state index contributed by atoms with van der Waals surface area (Å²) in [5.74, 6) is 0.729. The summed E-state index contributed by atoms with van der Waals surface area (Å²) >= 11 is 0. The molecule has 0 bridgehead atoms. The molecule has 8 heteroatoms. The lowest BCUT2D eigenvalue weighted by atomic mass is 10.1. The quantitative estimate of drug-likeness (QED) is 0.706. The number of hydrogen-bond acceptors (Lipinski definition) is 6. The van der Waals surface area contributed by atoms with Crippen LogP contribution in [0.3, 0.4) is 0 Å². The van der Waals surface area contributed by atoms with Crippen LogP contribution >= 0.6 is 0 Å². The first-order valence-electron chi connectivity index (χ1n) is 11.6. The molecule has 4 rings (SSSR count). The van der Waals surface area contributed by atoms with Crippen molar-refractivity contribution >= 4 is 17.8 Å². The van der Waals surface area contributed by atoms with Gasteiger partial charge in [0.25, 0.3) is 0 Å². The van der Waals surface area contributed by atoms with Gasteiger partial charge in [-0.3, -0.25) is 14.5 Å². The fraction of sp³-hybridized carbons (Fsp3) is 0.500. The standard InChI is InChI=1S/C24H32N6O2/c31-22(29-14-6-15-30(18-17-29)24-26-10-5-11-27-24)19-21-23(32)25-12-16-28(21)13-4-9-20-7-2-1-3-8-20/h1-3,5,7-8,10-11,21H,4,6,9,12-19H2,(H,25,32)/t21-/m1/s1. The zero-order valence-corrected chi connectivity index (χ0v) is 18.5. The number of aromatic nitrogens is 2. The first-order valence-corrected chi connectivity index (χ1v) is 11.6. The normalized spacial score (nSPS) is 20.0. The predicted octanol–water partition coefficient (Wildman–Crippen LogP) is 1.34. The van der Waals surface area contributed by atoms with Crippen molar-refractivity contribution < 1.29 is 9.59 Å². The molecular formula is C24H32N6O2. The van der Waals surface area contributed by atoms with Crippen molar-refractivity contribution in [3.8, 4) is 0 Å². The lowest BCUT2D eigenvalue weighted by Gasteiger charge is -2.35. The van der Waals surface area contributed by atoms with Gasteiger partial charge < -0.3 is 15.1 Å². The molecule has 0 radical (unpaired) electrons. The molecule has 0 aliphatic carbocycles. The topological polar surface area (TPSA) is 81.7 Å². The van der Waals surface area contributed by atoms with E-state index in [-0.39, 0.29) is 24.3 Å². The average molecular weight is 437 g/mol. The molecule has 1 atom stereocenters. The molecule has 0 spiro atoms. The third kappa shape index (κ3) is 5.82. The fourth-order valence-electron chi connectivity index (χ4n) is 4.50. The number of carbonyl (C=O) groups excluding carboxylic acids is 2.